The van der Waals surface area contributed by atoms with Crippen molar-refractivity contribution >= 4 is 31.3 Å². The van der Waals surface area contributed by atoms with E-state index in [0.29, 0.717) is 22.8 Å². The number of nitrogens with zero attached hydrogens (tertiary/aromatic N) is 2. The summed E-state index contributed by atoms with van der Waals surface area (Å²) in [7, 11) is 1.41. The van der Waals surface area contributed by atoms with Crippen molar-refractivity contribution < 1.29 is 12.8 Å². The third-order valence-corrected chi connectivity index (χ3v) is 4.45. The molecule has 0 amide bonds. The van der Waals surface area contributed by atoms with E-state index in [2.05, 4.69) is 4.98 Å². The van der Waals surface area contributed by atoms with Crippen LogP contribution in [0.3, 0.4) is 0 Å². The van der Waals surface area contributed by atoms with E-state index >= 15 is 0 Å². The molecule has 0 spiro atoms. The normalized spacial score (nSPS) is 11.8. The molecule has 0 radical (unpaired) electrons. The molecule has 0 aliphatic heterocycles. The third-order valence-electron chi connectivity index (χ3n) is 2.91. The molecule has 0 N–H and O–H groups in total. The Bertz CT molecular complexity index is 760. The maximum absolute atomic E-state index is 13.3. The SMILES string of the molecule is CCCc1nc(S(=O)(=O)Cl)cn1Cc1cc(F)ccc1Cl. The van der Waals surface area contributed by atoms with Gasteiger partial charge in [-0.2, -0.15) is 0 Å². The van der Waals surface area contributed by atoms with Gasteiger partial charge in [0.2, 0.25) is 0 Å². The molecule has 0 atom stereocenters. The Morgan fingerprint density at radius 2 is 2.10 bits per heavy atom. The van der Waals surface area contributed by atoms with Gasteiger partial charge in [0.25, 0.3) is 9.05 Å². The van der Waals surface area contributed by atoms with Gasteiger partial charge >= 0.3 is 0 Å². The van der Waals surface area contributed by atoms with Crippen molar-refractivity contribution in [3.05, 3.63) is 46.6 Å². The van der Waals surface area contributed by atoms with Crippen LogP contribution in [0.1, 0.15) is 24.7 Å². The van der Waals surface area contributed by atoms with E-state index in [1.807, 2.05) is 6.92 Å². The van der Waals surface area contributed by atoms with Crippen LogP contribution in [0.15, 0.2) is 29.4 Å². The van der Waals surface area contributed by atoms with Gasteiger partial charge < -0.3 is 4.57 Å². The second-order valence-electron chi connectivity index (χ2n) is 4.55. The van der Waals surface area contributed by atoms with Crippen molar-refractivity contribution in [1.29, 1.82) is 0 Å². The van der Waals surface area contributed by atoms with Gasteiger partial charge in [0.05, 0.1) is 6.54 Å². The summed E-state index contributed by atoms with van der Waals surface area (Å²) in [5.74, 6) is 0.161. The lowest BCUT2D eigenvalue weighted by atomic mass is 10.2. The highest BCUT2D eigenvalue weighted by Crippen LogP contribution is 2.21. The Morgan fingerprint density at radius 1 is 1.38 bits per heavy atom. The lowest BCUT2D eigenvalue weighted by Gasteiger charge is -2.08. The van der Waals surface area contributed by atoms with Crippen LogP contribution in [0, 0.1) is 5.82 Å². The predicted molar refractivity (Wildman–Crippen MR) is 79.8 cm³/mol. The first kappa shape index (κ1) is 16.3. The highest BCUT2D eigenvalue weighted by atomic mass is 35.7. The van der Waals surface area contributed by atoms with Crippen LogP contribution >= 0.6 is 22.3 Å². The number of aromatic nitrogens is 2. The summed E-state index contributed by atoms with van der Waals surface area (Å²) in [6, 6.07) is 4.04. The molecule has 0 aliphatic carbocycles. The van der Waals surface area contributed by atoms with Gasteiger partial charge in [0.15, 0.2) is 5.03 Å². The number of hydrogen-bond acceptors (Lipinski definition) is 3. The van der Waals surface area contributed by atoms with Gasteiger partial charge in [-0.3, -0.25) is 0 Å². The third kappa shape index (κ3) is 3.96. The highest BCUT2D eigenvalue weighted by molar-refractivity contribution is 8.13. The van der Waals surface area contributed by atoms with E-state index in [4.69, 9.17) is 22.3 Å². The molecule has 21 heavy (non-hydrogen) atoms. The first-order valence-corrected chi connectivity index (χ1v) is 8.94. The zero-order valence-electron chi connectivity index (χ0n) is 11.2. The number of rotatable bonds is 5. The van der Waals surface area contributed by atoms with Crippen LogP contribution < -0.4 is 0 Å². The fraction of sp³-hybridized carbons (Fsp3) is 0.308. The smallest absolute Gasteiger partial charge is 0.280 e. The molecule has 0 unspecified atom stereocenters. The zero-order valence-corrected chi connectivity index (χ0v) is 13.5. The summed E-state index contributed by atoms with van der Waals surface area (Å²) in [6.07, 6.45) is 2.71. The second-order valence-corrected chi connectivity index (χ2v) is 7.47. The lowest BCUT2D eigenvalue weighted by molar-refractivity contribution is 0.606. The van der Waals surface area contributed by atoms with Crippen LogP contribution in [0.2, 0.25) is 5.02 Å². The number of imidazole rings is 1. The lowest BCUT2D eigenvalue weighted by Crippen LogP contribution is -2.05. The molecular formula is C13H13Cl2FN2O2S. The highest BCUT2D eigenvalue weighted by Gasteiger charge is 2.18. The molecule has 2 aromatic rings. The van der Waals surface area contributed by atoms with Crippen molar-refractivity contribution in [2.24, 2.45) is 0 Å². The summed E-state index contributed by atoms with van der Waals surface area (Å²) in [5.41, 5.74) is 0.546. The molecule has 2 rings (SSSR count). The summed E-state index contributed by atoms with van der Waals surface area (Å²) < 4.78 is 37.7. The first-order chi connectivity index (χ1) is 9.81. The average molecular weight is 351 g/mol. The summed E-state index contributed by atoms with van der Waals surface area (Å²) in [6.45, 7) is 2.17. The van der Waals surface area contributed by atoms with Gasteiger partial charge in [0.1, 0.15) is 11.6 Å². The van der Waals surface area contributed by atoms with Crippen LogP contribution in [-0.2, 0) is 22.0 Å². The van der Waals surface area contributed by atoms with Crippen molar-refractivity contribution in [1.82, 2.24) is 9.55 Å². The molecule has 0 saturated carbocycles. The minimum Gasteiger partial charge on any atom is -0.329 e. The van der Waals surface area contributed by atoms with E-state index in [9.17, 15) is 12.8 Å². The van der Waals surface area contributed by atoms with E-state index in [1.165, 1.54) is 24.4 Å². The van der Waals surface area contributed by atoms with Gasteiger partial charge in [-0.15, -0.1) is 0 Å². The van der Waals surface area contributed by atoms with E-state index < -0.39 is 14.9 Å². The number of aryl methyl sites for hydroxylation is 1. The summed E-state index contributed by atoms with van der Waals surface area (Å²) in [5, 5.41) is 0.197. The predicted octanol–water partition coefficient (Wildman–Crippen LogP) is 3.60. The Hall–Kier alpha value is -1.11. The first-order valence-electron chi connectivity index (χ1n) is 6.26. The summed E-state index contributed by atoms with van der Waals surface area (Å²) >= 11 is 6.03. The van der Waals surface area contributed by atoms with E-state index in [0.717, 1.165) is 6.42 Å². The number of hydrogen-bond donors (Lipinski definition) is 0. The molecule has 0 bridgehead atoms. The minimum atomic E-state index is -3.90. The molecule has 1 aromatic carbocycles. The Kier molecular flexibility index (Phi) is 4.91. The average Bonchev–Trinajstić information content (AvgIpc) is 2.78. The molecule has 0 fully saturated rings. The van der Waals surface area contributed by atoms with Crippen molar-refractivity contribution in [3.8, 4) is 0 Å². The van der Waals surface area contributed by atoms with Crippen LogP contribution in [0.25, 0.3) is 0 Å². The molecule has 0 saturated heterocycles. The van der Waals surface area contributed by atoms with Gasteiger partial charge in [-0.1, -0.05) is 18.5 Å². The topological polar surface area (TPSA) is 52.0 Å². The Morgan fingerprint density at radius 3 is 2.71 bits per heavy atom. The van der Waals surface area contributed by atoms with Gasteiger partial charge in [-0.25, -0.2) is 17.8 Å². The van der Waals surface area contributed by atoms with E-state index in [1.54, 1.807) is 4.57 Å². The summed E-state index contributed by atoms with van der Waals surface area (Å²) in [4.78, 5) is 4.03. The number of benzene rings is 1. The van der Waals surface area contributed by atoms with Gasteiger partial charge in [-0.05, 0) is 30.2 Å². The largest absolute Gasteiger partial charge is 0.329 e. The Balaban J connectivity index is 2.43. The molecule has 1 heterocycles. The van der Waals surface area contributed by atoms with Crippen LogP contribution in [0.4, 0.5) is 4.39 Å². The van der Waals surface area contributed by atoms with Crippen LogP contribution in [-0.4, -0.2) is 18.0 Å². The van der Waals surface area contributed by atoms with E-state index in [-0.39, 0.29) is 11.6 Å². The maximum Gasteiger partial charge on any atom is 0.280 e. The molecular weight excluding hydrogens is 338 g/mol. The molecule has 114 valence electrons. The molecule has 4 nitrogen and oxygen atoms in total. The quantitative estimate of drug-likeness (QED) is 0.774. The minimum absolute atomic E-state index is 0.208. The maximum atomic E-state index is 13.3. The van der Waals surface area contributed by atoms with Crippen LogP contribution in [0.5, 0.6) is 0 Å². The van der Waals surface area contributed by atoms with Gasteiger partial charge in [0, 0.05) is 28.3 Å². The molecule has 1 aromatic heterocycles. The van der Waals surface area contributed by atoms with Crippen molar-refractivity contribution in [2.45, 2.75) is 31.3 Å². The Labute approximate surface area is 131 Å². The second kappa shape index (κ2) is 6.34. The monoisotopic (exact) mass is 350 g/mol. The molecule has 8 heteroatoms. The fourth-order valence-electron chi connectivity index (χ4n) is 1.95. The fourth-order valence-corrected chi connectivity index (χ4v) is 2.82. The number of halogens is 3. The molecule has 0 aliphatic rings. The van der Waals surface area contributed by atoms with Crippen molar-refractivity contribution in [3.63, 3.8) is 0 Å². The van der Waals surface area contributed by atoms with Crippen molar-refractivity contribution in [2.75, 3.05) is 0 Å². The zero-order chi connectivity index (χ0) is 15.6. The standard InChI is InChI=1S/C13H13Cl2FN2O2S/c1-2-3-12-17-13(21(15,19)20)8-18(12)7-9-6-10(16)4-5-11(9)14/h4-6,8H,2-3,7H2,1H3.